The molecule has 0 bridgehead atoms. The molecule has 1 atom stereocenters. The first-order valence-electron chi connectivity index (χ1n) is 4.16. The van der Waals surface area contributed by atoms with Crippen LogP contribution >= 0.6 is 0 Å². The van der Waals surface area contributed by atoms with Crippen molar-refractivity contribution in [3.63, 3.8) is 0 Å². The Bertz CT molecular complexity index is 427. The van der Waals surface area contributed by atoms with Crippen molar-refractivity contribution in [2.24, 2.45) is 0 Å². The van der Waals surface area contributed by atoms with Crippen LogP contribution in [0.4, 0.5) is 0 Å². The molecule has 1 aromatic rings. The fraction of sp³-hybridized carbons (Fsp3) is 0.222. The number of hydrogen-bond donors (Lipinski definition) is 1. The molecule has 0 amide bonds. The van der Waals surface area contributed by atoms with E-state index in [-0.39, 0.29) is 5.71 Å². The van der Waals surface area contributed by atoms with Crippen LogP contribution < -0.4 is 0 Å². The van der Waals surface area contributed by atoms with E-state index in [0.29, 0.717) is 5.69 Å². The molecule has 0 radical (unpaired) electrons. The number of nitrogens with zero attached hydrogens (tertiary/aromatic N) is 2. The van der Waals surface area contributed by atoms with Crippen LogP contribution in [0.15, 0.2) is 18.3 Å². The van der Waals surface area contributed by atoms with Crippen molar-refractivity contribution in [2.45, 2.75) is 13.0 Å². The van der Waals surface area contributed by atoms with Gasteiger partial charge in [0.15, 0.2) is 6.10 Å². The van der Waals surface area contributed by atoms with Crippen LogP contribution in [0.25, 0.3) is 6.20 Å². The lowest BCUT2D eigenvalue weighted by atomic mass is 10.1. The number of hydrogen-bond acceptors (Lipinski definition) is 3. The van der Waals surface area contributed by atoms with Crippen molar-refractivity contribution in [1.29, 1.82) is 0 Å². The maximum Gasteiger partial charge on any atom is 0.255 e. The largest absolute Gasteiger partial charge is 0.612 e. The van der Waals surface area contributed by atoms with Crippen molar-refractivity contribution in [3.8, 4) is 0 Å². The molecule has 5 nitrogen and oxygen atoms in total. The summed E-state index contributed by atoms with van der Waals surface area (Å²) in [6, 6.07) is 1.69. The highest BCUT2D eigenvalue weighted by Crippen LogP contribution is 2.16. The van der Waals surface area contributed by atoms with E-state index >= 15 is 0 Å². The lowest BCUT2D eigenvalue weighted by Gasteiger charge is -2.17. The van der Waals surface area contributed by atoms with Crippen LogP contribution in [0.5, 0.6) is 0 Å². The summed E-state index contributed by atoms with van der Waals surface area (Å²) in [6.07, 6.45) is 3.68. The first kappa shape index (κ1) is 8.83. The fourth-order valence-electron chi connectivity index (χ4n) is 1.56. The Morgan fingerprint density at radius 1 is 1.50 bits per heavy atom. The van der Waals surface area contributed by atoms with Crippen LogP contribution in [0, 0.1) is 17.3 Å². The zero-order chi connectivity index (χ0) is 10.3. The number of aliphatic hydroxyl groups excluding tert-OH is 1. The normalized spacial score (nSPS) is 19.6. The maximum atomic E-state index is 10.7. The number of rotatable bonds is 0. The van der Waals surface area contributed by atoms with Crippen LogP contribution in [-0.4, -0.2) is 26.4 Å². The minimum absolute atomic E-state index is 0.166. The van der Waals surface area contributed by atoms with Gasteiger partial charge in [0.25, 0.3) is 5.71 Å². The van der Waals surface area contributed by atoms with E-state index in [2.05, 4.69) is 0 Å². The molecule has 14 heavy (non-hydrogen) atoms. The smallest absolute Gasteiger partial charge is 0.255 e. The zero-order valence-corrected chi connectivity index (χ0v) is 7.54. The molecule has 74 valence electrons. The molecule has 1 N–H and O–H groups in total. The highest BCUT2D eigenvalue weighted by atomic mass is 16.8. The SMILES string of the molecule is Cc1cc2n(c1)C=CC(O)C2=[N+]([O-])[O-]. The van der Waals surface area contributed by atoms with Crippen LogP contribution in [0.3, 0.4) is 0 Å². The molecule has 0 aromatic carbocycles. The third kappa shape index (κ3) is 1.18. The first-order chi connectivity index (χ1) is 6.59. The minimum Gasteiger partial charge on any atom is -0.612 e. The number of aliphatic hydroxyl groups is 1. The van der Waals surface area contributed by atoms with E-state index in [0.717, 1.165) is 5.56 Å². The van der Waals surface area contributed by atoms with Crippen molar-refractivity contribution in [3.05, 3.63) is 40.0 Å². The molecule has 0 saturated carbocycles. The monoisotopic (exact) mass is 193 g/mol. The van der Waals surface area contributed by atoms with E-state index in [1.165, 1.54) is 6.08 Å². The second-order valence-electron chi connectivity index (χ2n) is 3.24. The summed E-state index contributed by atoms with van der Waals surface area (Å²) in [5.74, 6) is 0. The van der Waals surface area contributed by atoms with Crippen molar-refractivity contribution in [1.82, 2.24) is 4.57 Å². The van der Waals surface area contributed by atoms with Crippen LogP contribution in [0.1, 0.15) is 11.3 Å². The molecular formula is C9H9N2O3-. The highest BCUT2D eigenvalue weighted by molar-refractivity contribution is 6.02. The summed E-state index contributed by atoms with van der Waals surface area (Å²) in [4.78, 5) is -0.542. The van der Waals surface area contributed by atoms with Gasteiger partial charge in [0, 0.05) is 12.4 Å². The number of aryl methyl sites for hydroxylation is 1. The summed E-state index contributed by atoms with van der Waals surface area (Å²) >= 11 is 0. The Labute approximate surface area is 80.4 Å². The molecular weight excluding hydrogens is 184 g/mol. The molecule has 0 aliphatic carbocycles. The summed E-state index contributed by atoms with van der Waals surface area (Å²) in [6.45, 7) is 1.85. The zero-order valence-electron chi connectivity index (χ0n) is 7.54. The Hall–Kier alpha value is -1.75. The van der Waals surface area contributed by atoms with Crippen molar-refractivity contribution in [2.75, 3.05) is 0 Å². The minimum atomic E-state index is -1.12. The van der Waals surface area contributed by atoms with Gasteiger partial charge < -0.3 is 20.1 Å². The maximum absolute atomic E-state index is 10.7. The van der Waals surface area contributed by atoms with Gasteiger partial charge in [0.2, 0.25) is 0 Å². The van der Waals surface area contributed by atoms with Gasteiger partial charge in [-0.15, -0.1) is 0 Å². The van der Waals surface area contributed by atoms with Gasteiger partial charge in [-0.1, -0.05) is 0 Å². The summed E-state index contributed by atoms with van der Waals surface area (Å²) in [5.41, 5.74) is 1.21. The van der Waals surface area contributed by atoms with E-state index in [1.54, 1.807) is 23.0 Å². The van der Waals surface area contributed by atoms with Crippen LogP contribution in [0.2, 0.25) is 0 Å². The number of fused-ring (bicyclic) bond motifs is 1. The topological polar surface area (TPSA) is 74.3 Å². The summed E-state index contributed by atoms with van der Waals surface area (Å²) in [5, 5.41) is 30.8. The van der Waals surface area contributed by atoms with E-state index in [1.807, 2.05) is 6.92 Å². The van der Waals surface area contributed by atoms with E-state index in [9.17, 15) is 15.5 Å². The van der Waals surface area contributed by atoms with Gasteiger partial charge >= 0.3 is 0 Å². The molecule has 1 aliphatic heterocycles. The molecule has 5 heteroatoms. The molecule has 0 saturated heterocycles. The van der Waals surface area contributed by atoms with Gasteiger partial charge in [-0.05, 0) is 24.6 Å². The Morgan fingerprint density at radius 2 is 2.21 bits per heavy atom. The quantitative estimate of drug-likeness (QED) is 0.480. The van der Waals surface area contributed by atoms with Gasteiger partial charge in [-0.2, -0.15) is 4.90 Å². The Morgan fingerprint density at radius 3 is 2.86 bits per heavy atom. The average Bonchev–Trinajstić information content (AvgIpc) is 2.43. The molecule has 0 fully saturated rings. The Kier molecular flexibility index (Phi) is 1.82. The highest BCUT2D eigenvalue weighted by Gasteiger charge is 2.26. The molecule has 2 rings (SSSR count). The molecule has 1 aliphatic rings. The van der Waals surface area contributed by atoms with Gasteiger partial charge in [-0.25, -0.2) is 0 Å². The third-order valence-electron chi connectivity index (χ3n) is 2.15. The van der Waals surface area contributed by atoms with Gasteiger partial charge in [0.05, 0.1) is 0 Å². The number of aromatic nitrogens is 1. The van der Waals surface area contributed by atoms with Crippen LogP contribution in [-0.2, 0) is 0 Å². The summed E-state index contributed by atoms with van der Waals surface area (Å²) < 4.78 is 1.64. The average molecular weight is 193 g/mol. The van der Waals surface area contributed by atoms with Crippen molar-refractivity contribution < 1.29 is 10.0 Å². The lowest BCUT2D eigenvalue weighted by molar-refractivity contribution is -0.382. The van der Waals surface area contributed by atoms with Gasteiger partial charge in [-0.3, -0.25) is 0 Å². The summed E-state index contributed by atoms with van der Waals surface area (Å²) in [7, 11) is 0. The fourth-order valence-corrected chi connectivity index (χ4v) is 1.56. The van der Waals surface area contributed by atoms with E-state index in [4.69, 9.17) is 0 Å². The standard InChI is InChI=1S/C9H9N2O3/c1-6-4-7-9(11(13)14)8(12)2-3-10(7)5-6/h2-5,8,12H,1H3/q-1. The lowest BCUT2D eigenvalue weighted by Crippen LogP contribution is -2.30. The van der Waals surface area contributed by atoms with E-state index < -0.39 is 11.0 Å². The predicted molar refractivity (Wildman–Crippen MR) is 51.6 cm³/mol. The molecule has 1 aromatic heterocycles. The molecule has 2 heterocycles. The molecule has 0 spiro atoms. The third-order valence-corrected chi connectivity index (χ3v) is 2.15. The first-order valence-corrected chi connectivity index (χ1v) is 4.16. The molecule has 1 unspecified atom stereocenters. The van der Waals surface area contributed by atoms with Gasteiger partial charge in [0.1, 0.15) is 5.69 Å². The Balaban J connectivity index is 2.64. The second kappa shape index (κ2) is 2.88. The van der Waals surface area contributed by atoms with Crippen molar-refractivity contribution >= 4 is 11.9 Å². The predicted octanol–water partition coefficient (Wildman–Crippen LogP) is 0.439. The second-order valence-corrected chi connectivity index (χ2v) is 3.24.